The SMILES string of the molecule is COc1cc(C(=O)NCC2CCCO2)cc(OC)c1C. The summed E-state index contributed by atoms with van der Waals surface area (Å²) >= 11 is 0. The molecule has 0 spiro atoms. The summed E-state index contributed by atoms with van der Waals surface area (Å²) in [4.78, 5) is 12.2. The second-order valence-corrected chi connectivity index (χ2v) is 4.85. The zero-order chi connectivity index (χ0) is 14.5. The minimum absolute atomic E-state index is 0.133. The number of ether oxygens (including phenoxy) is 3. The van der Waals surface area contributed by atoms with Gasteiger partial charge in [-0.05, 0) is 31.9 Å². The second kappa shape index (κ2) is 6.61. The van der Waals surface area contributed by atoms with E-state index >= 15 is 0 Å². The number of hydrogen-bond donors (Lipinski definition) is 1. The smallest absolute Gasteiger partial charge is 0.251 e. The molecule has 1 fully saturated rings. The lowest BCUT2D eigenvalue weighted by atomic mass is 10.1. The molecule has 20 heavy (non-hydrogen) atoms. The van der Waals surface area contributed by atoms with Crippen LogP contribution in [0.15, 0.2) is 12.1 Å². The first-order chi connectivity index (χ1) is 9.65. The molecule has 1 aromatic carbocycles. The summed E-state index contributed by atoms with van der Waals surface area (Å²) in [5.74, 6) is 1.15. The summed E-state index contributed by atoms with van der Waals surface area (Å²) in [6, 6.07) is 3.45. The normalized spacial score (nSPS) is 17.9. The molecular formula is C15H21NO4. The predicted molar refractivity (Wildman–Crippen MR) is 75.6 cm³/mol. The van der Waals surface area contributed by atoms with Gasteiger partial charge in [0.2, 0.25) is 0 Å². The fourth-order valence-electron chi connectivity index (χ4n) is 2.33. The maximum Gasteiger partial charge on any atom is 0.251 e. The lowest BCUT2D eigenvalue weighted by molar-refractivity contribution is 0.0857. The summed E-state index contributed by atoms with van der Waals surface area (Å²) < 4.78 is 16.0. The van der Waals surface area contributed by atoms with Crippen LogP contribution in [-0.2, 0) is 4.74 Å². The molecule has 1 heterocycles. The van der Waals surface area contributed by atoms with Crippen LogP contribution in [0.25, 0.3) is 0 Å². The Labute approximate surface area is 119 Å². The Kier molecular flexibility index (Phi) is 4.84. The van der Waals surface area contributed by atoms with Gasteiger partial charge in [-0.1, -0.05) is 0 Å². The van der Waals surface area contributed by atoms with Crippen molar-refractivity contribution in [3.63, 3.8) is 0 Å². The van der Waals surface area contributed by atoms with Crippen LogP contribution in [0.3, 0.4) is 0 Å². The van der Waals surface area contributed by atoms with Crippen LogP contribution < -0.4 is 14.8 Å². The molecule has 1 aromatic rings. The molecular weight excluding hydrogens is 258 g/mol. The maximum atomic E-state index is 12.2. The molecule has 0 bridgehead atoms. The molecule has 0 aromatic heterocycles. The van der Waals surface area contributed by atoms with Crippen molar-refractivity contribution in [3.05, 3.63) is 23.3 Å². The summed E-state index contributed by atoms with van der Waals surface area (Å²) in [6.45, 7) is 3.22. The van der Waals surface area contributed by atoms with Gasteiger partial charge in [0.25, 0.3) is 5.91 Å². The lowest BCUT2D eigenvalue weighted by Gasteiger charge is -2.14. The van der Waals surface area contributed by atoms with Gasteiger partial charge in [-0.2, -0.15) is 0 Å². The van der Waals surface area contributed by atoms with Gasteiger partial charge in [-0.3, -0.25) is 4.79 Å². The number of carbonyl (C=O) groups is 1. The molecule has 1 saturated heterocycles. The van der Waals surface area contributed by atoms with E-state index in [2.05, 4.69) is 5.32 Å². The van der Waals surface area contributed by atoms with Crippen LogP contribution in [0.4, 0.5) is 0 Å². The Morgan fingerprint density at radius 3 is 2.50 bits per heavy atom. The third-order valence-electron chi connectivity index (χ3n) is 3.53. The number of methoxy groups -OCH3 is 2. The number of carbonyl (C=O) groups excluding carboxylic acids is 1. The Balaban J connectivity index is 2.08. The minimum Gasteiger partial charge on any atom is -0.496 e. The molecule has 1 unspecified atom stereocenters. The molecule has 1 atom stereocenters. The van der Waals surface area contributed by atoms with Crippen LogP contribution in [0.1, 0.15) is 28.8 Å². The van der Waals surface area contributed by atoms with E-state index < -0.39 is 0 Å². The van der Waals surface area contributed by atoms with Crippen LogP contribution in [0.2, 0.25) is 0 Å². The summed E-state index contributed by atoms with van der Waals surface area (Å²) in [5, 5.41) is 2.89. The van der Waals surface area contributed by atoms with Gasteiger partial charge in [0.15, 0.2) is 0 Å². The van der Waals surface area contributed by atoms with E-state index in [-0.39, 0.29) is 12.0 Å². The van der Waals surface area contributed by atoms with Crippen LogP contribution in [-0.4, -0.2) is 39.4 Å². The first-order valence-electron chi connectivity index (χ1n) is 6.78. The Morgan fingerprint density at radius 2 is 2.00 bits per heavy atom. The first kappa shape index (κ1) is 14.7. The van der Waals surface area contributed by atoms with Gasteiger partial charge < -0.3 is 19.5 Å². The Bertz CT molecular complexity index is 456. The van der Waals surface area contributed by atoms with E-state index in [1.807, 2.05) is 6.92 Å². The summed E-state index contributed by atoms with van der Waals surface area (Å²) in [6.07, 6.45) is 2.20. The van der Waals surface area contributed by atoms with Crippen LogP contribution in [0, 0.1) is 6.92 Å². The van der Waals surface area contributed by atoms with Gasteiger partial charge in [0.05, 0.1) is 20.3 Å². The number of hydrogen-bond acceptors (Lipinski definition) is 4. The fourth-order valence-corrected chi connectivity index (χ4v) is 2.33. The van der Waals surface area contributed by atoms with E-state index in [0.29, 0.717) is 23.6 Å². The Hall–Kier alpha value is -1.75. The van der Waals surface area contributed by atoms with Gasteiger partial charge in [0.1, 0.15) is 11.5 Å². The number of nitrogens with one attached hydrogen (secondary N) is 1. The first-order valence-corrected chi connectivity index (χ1v) is 6.78. The summed E-state index contributed by atoms with van der Waals surface area (Å²) in [7, 11) is 3.16. The molecule has 2 rings (SSSR count). The van der Waals surface area contributed by atoms with Crippen molar-refractivity contribution >= 4 is 5.91 Å². The zero-order valence-corrected chi connectivity index (χ0v) is 12.2. The summed E-state index contributed by atoms with van der Waals surface area (Å²) in [5.41, 5.74) is 1.41. The average Bonchev–Trinajstić information content (AvgIpc) is 2.98. The average molecular weight is 279 g/mol. The molecule has 1 amide bonds. The zero-order valence-electron chi connectivity index (χ0n) is 12.2. The topological polar surface area (TPSA) is 56.8 Å². The fraction of sp³-hybridized carbons (Fsp3) is 0.533. The molecule has 0 radical (unpaired) electrons. The minimum atomic E-state index is -0.142. The largest absolute Gasteiger partial charge is 0.496 e. The maximum absolute atomic E-state index is 12.2. The molecule has 110 valence electrons. The van der Waals surface area contributed by atoms with Gasteiger partial charge in [0, 0.05) is 24.3 Å². The molecule has 0 saturated carbocycles. The van der Waals surface area contributed by atoms with Crippen molar-refractivity contribution in [1.29, 1.82) is 0 Å². The lowest BCUT2D eigenvalue weighted by Crippen LogP contribution is -2.31. The molecule has 1 N–H and O–H groups in total. The van der Waals surface area contributed by atoms with E-state index in [0.717, 1.165) is 25.0 Å². The van der Waals surface area contributed by atoms with E-state index in [1.54, 1.807) is 26.4 Å². The number of amides is 1. The van der Waals surface area contributed by atoms with E-state index in [1.165, 1.54) is 0 Å². The highest BCUT2D eigenvalue weighted by Gasteiger charge is 2.18. The van der Waals surface area contributed by atoms with Crippen molar-refractivity contribution < 1.29 is 19.0 Å². The molecule has 5 heteroatoms. The monoisotopic (exact) mass is 279 g/mol. The number of benzene rings is 1. The highest BCUT2D eigenvalue weighted by Crippen LogP contribution is 2.29. The van der Waals surface area contributed by atoms with Crippen LogP contribution in [0.5, 0.6) is 11.5 Å². The van der Waals surface area contributed by atoms with Gasteiger partial charge in [-0.15, -0.1) is 0 Å². The van der Waals surface area contributed by atoms with Gasteiger partial charge >= 0.3 is 0 Å². The molecule has 1 aliphatic heterocycles. The van der Waals surface area contributed by atoms with Crippen LogP contribution >= 0.6 is 0 Å². The van der Waals surface area contributed by atoms with Crippen molar-refractivity contribution in [2.24, 2.45) is 0 Å². The quantitative estimate of drug-likeness (QED) is 0.894. The van der Waals surface area contributed by atoms with Crippen molar-refractivity contribution in [2.75, 3.05) is 27.4 Å². The standard InChI is InChI=1S/C15H21NO4/c1-10-13(18-2)7-11(8-14(10)19-3)15(17)16-9-12-5-4-6-20-12/h7-8,12H,4-6,9H2,1-3H3,(H,16,17). The number of rotatable bonds is 5. The highest BCUT2D eigenvalue weighted by atomic mass is 16.5. The predicted octanol–water partition coefficient (Wildman–Crippen LogP) is 1.92. The van der Waals surface area contributed by atoms with E-state index in [9.17, 15) is 4.79 Å². The Morgan fingerprint density at radius 1 is 1.35 bits per heavy atom. The second-order valence-electron chi connectivity index (χ2n) is 4.85. The highest BCUT2D eigenvalue weighted by molar-refractivity contribution is 5.95. The molecule has 5 nitrogen and oxygen atoms in total. The third-order valence-corrected chi connectivity index (χ3v) is 3.53. The van der Waals surface area contributed by atoms with Crippen molar-refractivity contribution in [1.82, 2.24) is 5.32 Å². The van der Waals surface area contributed by atoms with Crippen molar-refractivity contribution in [3.8, 4) is 11.5 Å². The third kappa shape index (κ3) is 3.22. The van der Waals surface area contributed by atoms with E-state index in [4.69, 9.17) is 14.2 Å². The van der Waals surface area contributed by atoms with Crippen molar-refractivity contribution in [2.45, 2.75) is 25.9 Å². The molecule has 0 aliphatic carbocycles. The molecule has 1 aliphatic rings. The van der Waals surface area contributed by atoms with Gasteiger partial charge in [-0.25, -0.2) is 0 Å².